The topological polar surface area (TPSA) is 69.6 Å². The van der Waals surface area contributed by atoms with Gasteiger partial charge in [-0.25, -0.2) is 15.0 Å². The van der Waals surface area contributed by atoms with E-state index in [0.717, 1.165) is 5.69 Å². The first-order valence-electron chi connectivity index (χ1n) is 10.9. The van der Waals surface area contributed by atoms with Crippen LogP contribution in [0, 0.1) is 0 Å². The second-order valence-electron chi connectivity index (χ2n) is 8.24. The number of nitrogens with zero attached hydrogens (tertiary/aromatic N) is 5. The minimum absolute atomic E-state index is 0.480. The number of rotatable bonds is 4. The van der Waals surface area contributed by atoms with Crippen LogP contribution in [0.2, 0.25) is 0 Å². The average Bonchev–Trinajstić information content (AvgIpc) is 3.56. The fraction of sp³-hybridized carbons (Fsp3) is 0.500. The van der Waals surface area contributed by atoms with E-state index in [9.17, 15) is 0 Å². The number of thiazole rings is 2. The molecule has 0 radical (unpaired) electrons. The Morgan fingerprint density at radius 1 is 0.844 bits per heavy atom. The van der Waals surface area contributed by atoms with Crippen molar-refractivity contribution in [3.8, 4) is 0 Å². The lowest BCUT2D eigenvalue weighted by molar-refractivity contribution is 0.532. The maximum Gasteiger partial charge on any atom is 0.180 e. The molecule has 4 aromatic rings. The van der Waals surface area contributed by atoms with Crippen LogP contribution in [0.3, 0.4) is 0 Å². The molecule has 0 spiro atoms. The van der Waals surface area contributed by atoms with Crippen LogP contribution < -0.4 is 0 Å². The predicted molar refractivity (Wildman–Crippen MR) is 136 cm³/mol. The molecule has 4 aromatic heterocycles. The standard InChI is InChI=1S/C6H10N2.C6H9NO.2C6H9NS/c1-6(2)8-5-3-4-7-8;2*1-5(2)6-3-8-4-7-6;1-5(2)6-7-3-4-8-6/h3-6H,1-2H3;3*3-5H,1-2H3. The average molecular weight is 476 g/mol. The molecule has 0 atom stereocenters. The molecule has 32 heavy (non-hydrogen) atoms. The van der Waals surface area contributed by atoms with Crippen molar-refractivity contribution in [3.05, 3.63) is 70.0 Å². The smallest absolute Gasteiger partial charge is 0.180 e. The van der Waals surface area contributed by atoms with Gasteiger partial charge in [0.05, 0.1) is 21.9 Å². The highest BCUT2D eigenvalue weighted by Crippen LogP contribution is 2.15. The molecule has 0 aliphatic carbocycles. The van der Waals surface area contributed by atoms with E-state index in [1.165, 1.54) is 17.1 Å². The Labute approximate surface area is 200 Å². The maximum absolute atomic E-state index is 4.76. The molecule has 0 unspecified atom stereocenters. The lowest BCUT2D eigenvalue weighted by atomic mass is 10.2. The van der Waals surface area contributed by atoms with Crippen LogP contribution in [0.15, 0.2) is 58.0 Å². The quantitative estimate of drug-likeness (QED) is 0.301. The summed E-state index contributed by atoms with van der Waals surface area (Å²) >= 11 is 3.38. The van der Waals surface area contributed by atoms with Crippen LogP contribution in [0.1, 0.15) is 95.6 Å². The molecule has 0 bridgehead atoms. The molecule has 6 nitrogen and oxygen atoms in total. The van der Waals surface area contributed by atoms with Gasteiger partial charge in [0.25, 0.3) is 0 Å². The Bertz CT molecular complexity index is 730. The van der Waals surface area contributed by atoms with Crippen LogP contribution in [-0.2, 0) is 0 Å². The molecule has 0 saturated heterocycles. The van der Waals surface area contributed by atoms with E-state index < -0.39 is 0 Å². The summed E-state index contributed by atoms with van der Waals surface area (Å²) in [7, 11) is 0. The number of oxazole rings is 1. The summed E-state index contributed by atoms with van der Waals surface area (Å²) in [5.41, 5.74) is 4.09. The predicted octanol–water partition coefficient (Wildman–Crippen LogP) is 7.80. The zero-order valence-corrected chi connectivity index (χ0v) is 22.1. The Hall–Kier alpha value is -2.32. The first-order chi connectivity index (χ1) is 15.2. The van der Waals surface area contributed by atoms with Crippen molar-refractivity contribution in [2.45, 2.75) is 79.2 Å². The summed E-state index contributed by atoms with van der Waals surface area (Å²) < 4.78 is 6.68. The van der Waals surface area contributed by atoms with Gasteiger partial charge in [0.2, 0.25) is 0 Å². The molecule has 4 rings (SSSR count). The molecule has 0 aromatic carbocycles. The third-order valence-electron chi connectivity index (χ3n) is 4.09. The van der Waals surface area contributed by atoms with Gasteiger partial charge >= 0.3 is 0 Å². The molecule has 0 aliphatic rings. The van der Waals surface area contributed by atoms with E-state index in [1.807, 2.05) is 34.0 Å². The van der Waals surface area contributed by atoms with Gasteiger partial charge in [0.1, 0.15) is 6.26 Å². The van der Waals surface area contributed by atoms with Crippen molar-refractivity contribution in [3.63, 3.8) is 0 Å². The highest BCUT2D eigenvalue weighted by atomic mass is 32.1. The van der Waals surface area contributed by atoms with Crippen LogP contribution >= 0.6 is 22.7 Å². The molecule has 0 saturated carbocycles. The Morgan fingerprint density at radius 3 is 1.81 bits per heavy atom. The Balaban J connectivity index is 0.000000213. The number of hydrogen-bond acceptors (Lipinski definition) is 7. The summed E-state index contributed by atoms with van der Waals surface area (Å²) in [4.78, 5) is 12.2. The van der Waals surface area contributed by atoms with E-state index in [1.54, 1.807) is 35.1 Å². The first-order valence-corrected chi connectivity index (χ1v) is 12.7. The SMILES string of the molecule is CC(C)c1cocn1.CC(C)c1cscn1.CC(C)c1nccs1.CC(C)n1cccn1. The van der Waals surface area contributed by atoms with Crippen LogP contribution in [-0.4, -0.2) is 24.7 Å². The van der Waals surface area contributed by atoms with Crippen molar-refractivity contribution in [1.82, 2.24) is 24.7 Å². The highest BCUT2D eigenvalue weighted by Gasteiger charge is 1.99. The van der Waals surface area contributed by atoms with Gasteiger partial charge in [-0.15, -0.1) is 22.7 Å². The maximum atomic E-state index is 4.76. The van der Waals surface area contributed by atoms with Gasteiger partial charge in [-0.2, -0.15) is 5.10 Å². The lowest BCUT2D eigenvalue weighted by Gasteiger charge is -2.01. The van der Waals surface area contributed by atoms with Gasteiger partial charge in [-0.3, -0.25) is 4.68 Å². The number of aromatic nitrogens is 5. The van der Waals surface area contributed by atoms with Crippen LogP contribution in [0.25, 0.3) is 0 Å². The number of hydrogen-bond donors (Lipinski definition) is 0. The molecule has 0 amide bonds. The van der Waals surface area contributed by atoms with E-state index >= 15 is 0 Å². The molecule has 0 aliphatic heterocycles. The molecule has 0 N–H and O–H groups in total. The Kier molecular flexibility index (Phi) is 13.4. The summed E-state index contributed by atoms with van der Waals surface area (Å²) in [5, 5.41) is 9.36. The highest BCUT2D eigenvalue weighted by molar-refractivity contribution is 7.09. The van der Waals surface area contributed by atoms with Gasteiger partial charge in [-0.1, -0.05) is 41.5 Å². The second-order valence-corrected chi connectivity index (χ2v) is 9.89. The molecular weight excluding hydrogens is 438 g/mol. The zero-order valence-electron chi connectivity index (χ0n) is 20.5. The fourth-order valence-corrected chi connectivity index (χ4v) is 3.49. The summed E-state index contributed by atoms with van der Waals surface area (Å²) in [5.74, 6) is 1.66. The monoisotopic (exact) mass is 475 g/mol. The third-order valence-corrected chi connectivity index (χ3v) is 5.77. The molecule has 4 heterocycles. The first kappa shape index (κ1) is 27.7. The summed E-state index contributed by atoms with van der Waals surface area (Å²) in [6.07, 6.45) is 8.73. The van der Waals surface area contributed by atoms with Crippen LogP contribution in [0.4, 0.5) is 0 Å². The molecule has 8 heteroatoms. The third kappa shape index (κ3) is 11.3. The Morgan fingerprint density at radius 2 is 1.56 bits per heavy atom. The van der Waals surface area contributed by atoms with E-state index in [2.05, 4.69) is 80.8 Å². The van der Waals surface area contributed by atoms with Crippen molar-refractivity contribution >= 4 is 22.7 Å². The van der Waals surface area contributed by atoms with Crippen molar-refractivity contribution < 1.29 is 4.42 Å². The minimum Gasteiger partial charge on any atom is -0.451 e. The normalized spacial score (nSPS) is 10.4. The van der Waals surface area contributed by atoms with E-state index in [0.29, 0.717) is 23.8 Å². The van der Waals surface area contributed by atoms with Gasteiger partial charge in [0.15, 0.2) is 6.39 Å². The van der Waals surface area contributed by atoms with Crippen LogP contribution in [0.5, 0.6) is 0 Å². The largest absolute Gasteiger partial charge is 0.451 e. The van der Waals surface area contributed by atoms with Gasteiger partial charge in [-0.05, 0) is 31.7 Å². The van der Waals surface area contributed by atoms with Crippen molar-refractivity contribution in [2.75, 3.05) is 0 Å². The minimum atomic E-state index is 0.480. The summed E-state index contributed by atoms with van der Waals surface area (Å²) in [6, 6.07) is 2.42. The van der Waals surface area contributed by atoms with E-state index in [4.69, 9.17) is 4.42 Å². The molecule has 0 fully saturated rings. The summed E-state index contributed by atoms with van der Waals surface area (Å²) in [6.45, 7) is 17.0. The zero-order chi connectivity index (χ0) is 23.9. The molecular formula is C24H37N5OS2. The second kappa shape index (κ2) is 15.5. The van der Waals surface area contributed by atoms with Crippen molar-refractivity contribution in [1.29, 1.82) is 0 Å². The van der Waals surface area contributed by atoms with E-state index in [-0.39, 0.29) is 0 Å². The lowest BCUT2D eigenvalue weighted by Crippen LogP contribution is -1.99. The van der Waals surface area contributed by atoms with Gasteiger partial charge < -0.3 is 4.42 Å². The molecule has 176 valence electrons. The van der Waals surface area contributed by atoms with Gasteiger partial charge in [0, 0.05) is 41.3 Å². The van der Waals surface area contributed by atoms with Crippen molar-refractivity contribution in [2.24, 2.45) is 0 Å². The fourth-order valence-electron chi connectivity index (χ4n) is 2.12.